The maximum atomic E-state index is 9.79. The molecule has 0 spiro atoms. The fraction of sp³-hybridized carbons (Fsp3) is 1.00. The molecule has 0 aromatic carbocycles. The van der Waals surface area contributed by atoms with Crippen molar-refractivity contribution < 1.29 is 14.6 Å². The predicted octanol–water partition coefficient (Wildman–Crippen LogP) is 2.12. The van der Waals surface area contributed by atoms with Crippen LogP contribution in [0.5, 0.6) is 0 Å². The van der Waals surface area contributed by atoms with Crippen molar-refractivity contribution >= 4 is 0 Å². The lowest BCUT2D eigenvalue weighted by Crippen LogP contribution is -2.29. The Morgan fingerprint density at radius 3 is 2.67 bits per heavy atom. The highest BCUT2D eigenvalue weighted by Crippen LogP contribution is 2.20. The Balaban J connectivity index is 2.07. The lowest BCUT2D eigenvalue weighted by Gasteiger charge is -2.20. The van der Waals surface area contributed by atoms with E-state index in [1.807, 2.05) is 0 Å². The second kappa shape index (κ2) is 8.08. The van der Waals surface area contributed by atoms with Gasteiger partial charge in [-0.2, -0.15) is 0 Å². The Hall–Kier alpha value is -0.120. The molecular weight excluding hydrogens is 192 g/mol. The van der Waals surface area contributed by atoms with Crippen LogP contribution >= 0.6 is 0 Å². The van der Waals surface area contributed by atoms with E-state index in [0.717, 1.165) is 32.3 Å². The first-order valence-electron chi connectivity index (χ1n) is 6.22. The molecule has 1 N–H and O–H groups in total. The van der Waals surface area contributed by atoms with Gasteiger partial charge in [-0.3, -0.25) is 0 Å². The number of aliphatic hydroxyl groups excluding tert-OH is 1. The molecule has 0 bridgehead atoms. The second-order valence-corrected chi connectivity index (χ2v) is 4.23. The molecule has 3 heteroatoms. The fourth-order valence-electron chi connectivity index (χ4n) is 1.95. The van der Waals surface area contributed by atoms with Crippen LogP contribution in [0.2, 0.25) is 0 Å². The average Bonchev–Trinajstić information content (AvgIpc) is 2.44. The summed E-state index contributed by atoms with van der Waals surface area (Å²) in [5.74, 6) is 0. The van der Waals surface area contributed by atoms with Gasteiger partial charge < -0.3 is 14.6 Å². The molecule has 3 nitrogen and oxygen atoms in total. The summed E-state index contributed by atoms with van der Waals surface area (Å²) < 4.78 is 11.0. The van der Waals surface area contributed by atoms with Crippen LogP contribution in [0.1, 0.15) is 45.4 Å². The molecule has 1 saturated carbocycles. The van der Waals surface area contributed by atoms with Crippen molar-refractivity contribution in [3.05, 3.63) is 0 Å². The topological polar surface area (TPSA) is 38.7 Å². The molecule has 1 aliphatic carbocycles. The molecule has 0 aromatic heterocycles. The lowest BCUT2D eigenvalue weighted by atomic mass is 10.1. The van der Waals surface area contributed by atoms with Gasteiger partial charge in [0.2, 0.25) is 0 Å². The van der Waals surface area contributed by atoms with Gasteiger partial charge in [0.1, 0.15) is 0 Å². The maximum Gasteiger partial charge on any atom is 0.0835 e. The largest absolute Gasteiger partial charge is 0.390 e. The molecule has 0 radical (unpaired) electrons. The monoisotopic (exact) mass is 216 g/mol. The van der Waals surface area contributed by atoms with Gasteiger partial charge in [0.25, 0.3) is 0 Å². The van der Waals surface area contributed by atoms with Crippen molar-refractivity contribution in [1.29, 1.82) is 0 Å². The Bertz CT molecular complexity index is 150. The molecule has 1 aliphatic rings. The minimum absolute atomic E-state index is 0.0396. The van der Waals surface area contributed by atoms with Gasteiger partial charge in [-0.25, -0.2) is 0 Å². The van der Waals surface area contributed by atoms with E-state index in [9.17, 15) is 5.11 Å². The standard InChI is InChI=1S/C12H24O3/c1-2-8-14-9-10-15-12-7-5-3-4-6-11(12)13/h11-13H,2-10H2,1H3. The third kappa shape index (κ3) is 5.50. The van der Waals surface area contributed by atoms with E-state index in [4.69, 9.17) is 9.47 Å². The Morgan fingerprint density at radius 2 is 1.87 bits per heavy atom. The van der Waals surface area contributed by atoms with Crippen molar-refractivity contribution in [3.8, 4) is 0 Å². The Morgan fingerprint density at radius 1 is 1.07 bits per heavy atom. The smallest absolute Gasteiger partial charge is 0.0835 e. The molecule has 0 saturated heterocycles. The van der Waals surface area contributed by atoms with Crippen LogP contribution in [-0.4, -0.2) is 37.1 Å². The van der Waals surface area contributed by atoms with Gasteiger partial charge in [0.15, 0.2) is 0 Å². The van der Waals surface area contributed by atoms with Gasteiger partial charge >= 0.3 is 0 Å². The normalized spacial score (nSPS) is 27.6. The van der Waals surface area contributed by atoms with Crippen molar-refractivity contribution in [2.24, 2.45) is 0 Å². The van der Waals surface area contributed by atoms with E-state index < -0.39 is 0 Å². The van der Waals surface area contributed by atoms with Crippen LogP contribution in [0.3, 0.4) is 0 Å². The van der Waals surface area contributed by atoms with Crippen LogP contribution in [0.4, 0.5) is 0 Å². The third-order valence-electron chi connectivity index (χ3n) is 2.83. The van der Waals surface area contributed by atoms with E-state index in [-0.39, 0.29) is 12.2 Å². The minimum Gasteiger partial charge on any atom is -0.390 e. The molecule has 2 atom stereocenters. The predicted molar refractivity (Wildman–Crippen MR) is 59.9 cm³/mol. The van der Waals surface area contributed by atoms with E-state index in [0.29, 0.717) is 13.2 Å². The Labute approximate surface area is 92.8 Å². The summed E-state index contributed by atoms with van der Waals surface area (Å²) in [6, 6.07) is 0. The highest BCUT2D eigenvalue weighted by molar-refractivity contribution is 4.73. The summed E-state index contributed by atoms with van der Waals surface area (Å²) in [5, 5.41) is 9.79. The van der Waals surface area contributed by atoms with E-state index in [1.54, 1.807) is 0 Å². The van der Waals surface area contributed by atoms with Crippen LogP contribution in [0.15, 0.2) is 0 Å². The first kappa shape index (κ1) is 12.9. The van der Waals surface area contributed by atoms with Crippen LogP contribution in [-0.2, 0) is 9.47 Å². The molecule has 2 unspecified atom stereocenters. The molecule has 0 heterocycles. The summed E-state index contributed by atoms with van der Waals surface area (Å²) in [6.07, 6.45) is 6.24. The van der Waals surface area contributed by atoms with Crippen molar-refractivity contribution in [2.75, 3.05) is 19.8 Å². The van der Waals surface area contributed by atoms with E-state index in [2.05, 4.69) is 6.92 Å². The number of aliphatic hydroxyl groups is 1. The summed E-state index contributed by atoms with van der Waals surface area (Å²) >= 11 is 0. The summed E-state index contributed by atoms with van der Waals surface area (Å²) in [6.45, 7) is 4.16. The van der Waals surface area contributed by atoms with Gasteiger partial charge in [-0.15, -0.1) is 0 Å². The molecule has 0 aromatic rings. The quantitative estimate of drug-likeness (QED) is 0.546. The molecule has 0 aliphatic heterocycles. The molecule has 0 amide bonds. The van der Waals surface area contributed by atoms with Crippen molar-refractivity contribution in [2.45, 2.75) is 57.7 Å². The summed E-state index contributed by atoms with van der Waals surface area (Å²) in [4.78, 5) is 0. The zero-order valence-electron chi connectivity index (χ0n) is 9.78. The minimum atomic E-state index is -0.265. The summed E-state index contributed by atoms with van der Waals surface area (Å²) in [5.41, 5.74) is 0. The van der Waals surface area contributed by atoms with Crippen molar-refractivity contribution in [1.82, 2.24) is 0 Å². The van der Waals surface area contributed by atoms with Crippen LogP contribution in [0, 0.1) is 0 Å². The molecule has 90 valence electrons. The molecular formula is C12H24O3. The zero-order chi connectivity index (χ0) is 10.9. The first-order valence-corrected chi connectivity index (χ1v) is 6.22. The SMILES string of the molecule is CCCOCCOC1CCCCCC1O. The Kier molecular flexibility index (Phi) is 6.98. The van der Waals surface area contributed by atoms with Gasteiger partial charge in [0.05, 0.1) is 25.4 Å². The van der Waals surface area contributed by atoms with Crippen molar-refractivity contribution in [3.63, 3.8) is 0 Å². The van der Waals surface area contributed by atoms with Gasteiger partial charge in [-0.1, -0.05) is 26.2 Å². The van der Waals surface area contributed by atoms with E-state index >= 15 is 0 Å². The number of hydrogen-bond donors (Lipinski definition) is 1. The van der Waals surface area contributed by atoms with Crippen LogP contribution < -0.4 is 0 Å². The molecule has 1 rings (SSSR count). The number of hydrogen-bond acceptors (Lipinski definition) is 3. The maximum absolute atomic E-state index is 9.79. The highest BCUT2D eigenvalue weighted by Gasteiger charge is 2.21. The third-order valence-corrected chi connectivity index (χ3v) is 2.83. The second-order valence-electron chi connectivity index (χ2n) is 4.23. The highest BCUT2D eigenvalue weighted by atomic mass is 16.5. The average molecular weight is 216 g/mol. The van der Waals surface area contributed by atoms with Gasteiger partial charge in [-0.05, 0) is 19.3 Å². The number of ether oxygens (including phenoxy) is 2. The fourth-order valence-corrected chi connectivity index (χ4v) is 1.95. The van der Waals surface area contributed by atoms with Crippen LogP contribution in [0.25, 0.3) is 0 Å². The number of rotatable bonds is 6. The first-order chi connectivity index (χ1) is 7.34. The van der Waals surface area contributed by atoms with Gasteiger partial charge in [0, 0.05) is 6.61 Å². The molecule has 15 heavy (non-hydrogen) atoms. The molecule has 1 fully saturated rings. The lowest BCUT2D eigenvalue weighted by molar-refractivity contribution is -0.0581. The summed E-state index contributed by atoms with van der Waals surface area (Å²) in [7, 11) is 0. The van der Waals surface area contributed by atoms with E-state index in [1.165, 1.54) is 12.8 Å². The zero-order valence-corrected chi connectivity index (χ0v) is 9.78.